The molecular formula is C10H17N3. The minimum atomic E-state index is 0.0949. The lowest BCUT2D eigenvalue weighted by atomic mass is 9.73. The van der Waals surface area contributed by atoms with E-state index in [1.165, 1.54) is 5.56 Å². The monoisotopic (exact) mass is 179 g/mol. The maximum atomic E-state index is 6.16. The molecule has 2 N–H and O–H groups in total. The Balaban J connectivity index is 2.44. The Bertz CT molecular complexity index is 325. The highest BCUT2D eigenvalue weighted by molar-refractivity contribution is 5.25. The molecule has 2 rings (SSSR count). The van der Waals surface area contributed by atoms with E-state index in [1.54, 1.807) is 0 Å². The molecule has 1 heterocycles. The third-order valence-electron chi connectivity index (χ3n) is 3.11. The summed E-state index contributed by atoms with van der Waals surface area (Å²) in [5, 5.41) is 4.42. The number of hydrogen-bond acceptors (Lipinski definition) is 2. The topological polar surface area (TPSA) is 43.8 Å². The molecule has 72 valence electrons. The van der Waals surface area contributed by atoms with Crippen LogP contribution in [0.25, 0.3) is 0 Å². The lowest BCUT2D eigenvalue weighted by Crippen LogP contribution is -2.34. The van der Waals surface area contributed by atoms with Crippen molar-refractivity contribution in [2.75, 3.05) is 0 Å². The van der Waals surface area contributed by atoms with Gasteiger partial charge in [0.25, 0.3) is 0 Å². The van der Waals surface area contributed by atoms with Crippen LogP contribution in [0.5, 0.6) is 0 Å². The van der Waals surface area contributed by atoms with Crippen molar-refractivity contribution >= 4 is 0 Å². The van der Waals surface area contributed by atoms with Crippen LogP contribution in [-0.4, -0.2) is 9.78 Å². The molecule has 1 aliphatic carbocycles. The van der Waals surface area contributed by atoms with Gasteiger partial charge in [-0.1, -0.05) is 13.8 Å². The third kappa shape index (κ3) is 1.27. The molecule has 0 bridgehead atoms. The molecule has 0 aromatic carbocycles. The summed E-state index contributed by atoms with van der Waals surface area (Å²) in [4.78, 5) is 0. The molecule has 0 amide bonds. The van der Waals surface area contributed by atoms with E-state index < -0.39 is 0 Å². The number of nitrogens with zero attached hydrogens (tertiary/aromatic N) is 2. The summed E-state index contributed by atoms with van der Waals surface area (Å²) in [5.74, 6) is 0. The molecule has 13 heavy (non-hydrogen) atoms. The molecule has 3 heteroatoms. The van der Waals surface area contributed by atoms with E-state index in [4.69, 9.17) is 5.73 Å². The van der Waals surface area contributed by atoms with Crippen LogP contribution in [0.2, 0.25) is 0 Å². The Kier molecular flexibility index (Phi) is 1.74. The van der Waals surface area contributed by atoms with Gasteiger partial charge in [0.1, 0.15) is 0 Å². The van der Waals surface area contributed by atoms with E-state index in [-0.39, 0.29) is 11.5 Å². The quantitative estimate of drug-likeness (QED) is 0.654. The highest BCUT2D eigenvalue weighted by Crippen LogP contribution is 2.40. The zero-order valence-electron chi connectivity index (χ0n) is 8.54. The van der Waals surface area contributed by atoms with Crippen molar-refractivity contribution in [2.24, 2.45) is 18.2 Å². The standard InChI is InChI=1S/C10H17N3/c1-10(2)5-4-7-6-13(3)12-8(7)9(10)11/h6,9H,4-5,11H2,1-3H3. The van der Waals surface area contributed by atoms with E-state index in [1.807, 2.05) is 11.7 Å². The first-order valence-electron chi connectivity index (χ1n) is 4.79. The van der Waals surface area contributed by atoms with Crippen LogP contribution in [0, 0.1) is 5.41 Å². The predicted molar refractivity (Wildman–Crippen MR) is 52.2 cm³/mol. The second kappa shape index (κ2) is 2.58. The van der Waals surface area contributed by atoms with Gasteiger partial charge in [0, 0.05) is 13.2 Å². The molecule has 0 fully saturated rings. The molecular weight excluding hydrogens is 162 g/mol. The first kappa shape index (κ1) is 8.75. The average molecular weight is 179 g/mol. The Labute approximate surface area is 78.9 Å². The zero-order chi connectivity index (χ0) is 9.64. The van der Waals surface area contributed by atoms with Crippen molar-refractivity contribution in [1.29, 1.82) is 0 Å². The molecule has 0 spiro atoms. The van der Waals surface area contributed by atoms with Gasteiger partial charge in [-0.3, -0.25) is 4.68 Å². The average Bonchev–Trinajstić information content (AvgIpc) is 2.40. The highest BCUT2D eigenvalue weighted by atomic mass is 15.3. The Hall–Kier alpha value is -0.830. The van der Waals surface area contributed by atoms with E-state index in [0.29, 0.717) is 0 Å². The van der Waals surface area contributed by atoms with Crippen LogP contribution >= 0.6 is 0 Å². The summed E-state index contributed by atoms with van der Waals surface area (Å²) < 4.78 is 1.87. The summed E-state index contributed by atoms with van der Waals surface area (Å²) in [6.07, 6.45) is 4.36. The molecule has 0 aliphatic heterocycles. The fraction of sp³-hybridized carbons (Fsp3) is 0.700. The van der Waals surface area contributed by atoms with Crippen molar-refractivity contribution in [3.05, 3.63) is 17.5 Å². The predicted octanol–water partition coefficient (Wildman–Crippen LogP) is 1.39. The number of hydrogen-bond donors (Lipinski definition) is 1. The summed E-state index contributed by atoms with van der Waals surface area (Å²) in [7, 11) is 1.96. The van der Waals surface area contributed by atoms with E-state index >= 15 is 0 Å². The number of aryl methyl sites for hydroxylation is 2. The maximum absolute atomic E-state index is 6.16. The first-order chi connectivity index (χ1) is 6.00. The molecule has 0 saturated heterocycles. The van der Waals surface area contributed by atoms with Gasteiger partial charge in [-0.25, -0.2) is 0 Å². The Morgan fingerprint density at radius 2 is 2.31 bits per heavy atom. The van der Waals surface area contributed by atoms with Crippen LogP contribution in [-0.2, 0) is 13.5 Å². The van der Waals surface area contributed by atoms with Crippen molar-refractivity contribution < 1.29 is 0 Å². The van der Waals surface area contributed by atoms with Crippen molar-refractivity contribution in [3.63, 3.8) is 0 Å². The lowest BCUT2D eigenvalue weighted by Gasteiger charge is -2.34. The Morgan fingerprint density at radius 1 is 1.62 bits per heavy atom. The van der Waals surface area contributed by atoms with Crippen LogP contribution in [0.3, 0.4) is 0 Å². The molecule has 3 nitrogen and oxygen atoms in total. The van der Waals surface area contributed by atoms with Crippen LogP contribution < -0.4 is 5.73 Å². The third-order valence-corrected chi connectivity index (χ3v) is 3.11. The van der Waals surface area contributed by atoms with E-state index in [0.717, 1.165) is 18.5 Å². The summed E-state index contributed by atoms with van der Waals surface area (Å²) in [6, 6.07) is 0.0949. The molecule has 0 radical (unpaired) electrons. The lowest BCUT2D eigenvalue weighted by molar-refractivity contribution is 0.245. The number of rotatable bonds is 0. The van der Waals surface area contributed by atoms with Gasteiger partial charge in [0.05, 0.1) is 11.7 Å². The van der Waals surface area contributed by atoms with Gasteiger partial charge in [0.2, 0.25) is 0 Å². The molecule has 1 aromatic rings. The fourth-order valence-electron chi connectivity index (χ4n) is 1.99. The second-order valence-corrected chi connectivity index (χ2v) is 4.68. The van der Waals surface area contributed by atoms with Gasteiger partial charge in [0.15, 0.2) is 0 Å². The first-order valence-corrected chi connectivity index (χ1v) is 4.79. The molecule has 1 atom stereocenters. The summed E-state index contributed by atoms with van der Waals surface area (Å²) >= 11 is 0. The van der Waals surface area contributed by atoms with Crippen LogP contribution in [0.15, 0.2) is 6.20 Å². The van der Waals surface area contributed by atoms with Gasteiger partial charge in [-0.15, -0.1) is 0 Å². The largest absolute Gasteiger partial charge is 0.322 e. The fourth-order valence-corrected chi connectivity index (χ4v) is 1.99. The van der Waals surface area contributed by atoms with Crippen LogP contribution in [0.1, 0.15) is 37.6 Å². The van der Waals surface area contributed by atoms with Crippen molar-refractivity contribution in [3.8, 4) is 0 Å². The van der Waals surface area contributed by atoms with Crippen molar-refractivity contribution in [2.45, 2.75) is 32.7 Å². The molecule has 1 aromatic heterocycles. The number of aromatic nitrogens is 2. The molecule has 1 aliphatic rings. The zero-order valence-corrected chi connectivity index (χ0v) is 8.54. The van der Waals surface area contributed by atoms with Crippen LogP contribution in [0.4, 0.5) is 0 Å². The maximum Gasteiger partial charge on any atom is 0.0829 e. The molecule has 0 saturated carbocycles. The van der Waals surface area contributed by atoms with Crippen molar-refractivity contribution in [1.82, 2.24) is 9.78 Å². The smallest absolute Gasteiger partial charge is 0.0829 e. The van der Waals surface area contributed by atoms with Gasteiger partial charge < -0.3 is 5.73 Å². The summed E-state index contributed by atoms with van der Waals surface area (Å²) in [5.41, 5.74) is 8.78. The molecule has 1 unspecified atom stereocenters. The second-order valence-electron chi connectivity index (χ2n) is 4.68. The van der Waals surface area contributed by atoms with Gasteiger partial charge in [-0.2, -0.15) is 5.10 Å². The SMILES string of the molecule is Cn1cc2c(n1)C(N)C(C)(C)CC2. The summed E-state index contributed by atoms with van der Waals surface area (Å²) in [6.45, 7) is 4.44. The highest BCUT2D eigenvalue weighted by Gasteiger charge is 2.35. The van der Waals surface area contributed by atoms with Gasteiger partial charge >= 0.3 is 0 Å². The number of fused-ring (bicyclic) bond motifs is 1. The normalized spacial score (nSPS) is 25.7. The number of nitrogens with two attached hydrogens (primary N) is 1. The van der Waals surface area contributed by atoms with E-state index in [9.17, 15) is 0 Å². The van der Waals surface area contributed by atoms with E-state index in [2.05, 4.69) is 25.1 Å². The minimum Gasteiger partial charge on any atom is -0.322 e. The minimum absolute atomic E-state index is 0.0949. The Morgan fingerprint density at radius 3 is 3.00 bits per heavy atom. The van der Waals surface area contributed by atoms with Gasteiger partial charge in [-0.05, 0) is 23.8 Å².